The molecule has 0 atom stereocenters. The van der Waals surface area contributed by atoms with Crippen molar-refractivity contribution in [3.63, 3.8) is 0 Å². The second kappa shape index (κ2) is 9.14. The average Bonchev–Trinajstić information content (AvgIpc) is 2.80. The van der Waals surface area contributed by atoms with Crippen LogP contribution in [0.3, 0.4) is 0 Å². The Bertz CT molecular complexity index is 1110. The zero-order valence-corrected chi connectivity index (χ0v) is 17.7. The Kier molecular flexibility index (Phi) is 6.13. The summed E-state index contributed by atoms with van der Waals surface area (Å²) in [5, 5.41) is 3.52. The lowest BCUT2D eigenvalue weighted by molar-refractivity contribution is -0.124. The van der Waals surface area contributed by atoms with Gasteiger partial charge in [-0.1, -0.05) is 30.3 Å². The molecule has 0 saturated heterocycles. The van der Waals surface area contributed by atoms with E-state index >= 15 is 0 Å². The fourth-order valence-electron chi connectivity index (χ4n) is 3.76. The number of rotatable bonds is 6. The summed E-state index contributed by atoms with van der Waals surface area (Å²) in [7, 11) is 3.62. The van der Waals surface area contributed by atoms with Crippen molar-refractivity contribution in [3.8, 4) is 5.75 Å². The van der Waals surface area contributed by atoms with Crippen LogP contribution >= 0.6 is 0 Å². The molecule has 0 spiro atoms. The molecule has 0 aliphatic carbocycles. The SMILES string of the molecule is COc1ccc(CNC(=O)COC(=O)c2c3c(nc4ccccc24)CCN(C)C3)cc1. The van der Waals surface area contributed by atoms with Gasteiger partial charge >= 0.3 is 5.97 Å². The van der Waals surface area contributed by atoms with E-state index < -0.39 is 5.97 Å². The van der Waals surface area contributed by atoms with Gasteiger partial charge in [0.25, 0.3) is 5.91 Å². The van der Waals surface area contributed by atoms with E-state index in [0.717, 1.165) is 46.4 Å². The van der Waals surface area contributed by atoms with Crippen LogP contribution < -0.4 is 10.1 Å². The lowest BCUT2D eigenvalue weighted by Crippen LogP contribution is -2.31. The van der Waals surface area contributed by atoms with Crippen LogP contribution in [0.4, 0.5) is 0 Å². The average molecular weight is 419 g/mol. The van der Waals surface area contributed by atoms with Gasteiger partial charge in [0, 0.05) is 42.7 Å². The highest BCUT2D eigenvalue weighted by molar-refractivity contribution is 6.05. The summed E-state index contributed by atoms with van der Waals surface area (Å²) >= 11 is 0. The highest BCUT2D eigenvalue weighted by Gasteiger charge is 2.25. The van der Waals surface area contributed by atoms with Gasteiger partial charge in [0.15, 0.2) is 6.61 Å². The Morgan fingerprint density at radius 2 is 1.90 bits per heavy atom. The summed E-state index contributed by atoms with van der Waals surface area (Å²) in [5.41, 5.74) is 4.01. The van der Waals surface area contributed by atoms with Crippen molar-refractivity contribution in [2.24, 2.45) is 0 Å². The highest BCUT2D eigenvalue weighted by Crippen LogP contribution is 2.28. The topological polar surface area (TPSA) is 80.8 Å². The number of amides is 1. The van der Waals surface area contributed by atoms with Crippen molar-refractivity contribution in [2.45, 2.75) is 19.5 Å². The Morgan fingerprint density at radius 3 is 2.68 bits per heavy atom. The maximum atomic E-state index is 13.0. The number of para-hydroxylation sites is 1. The molecule has 2 heterocycles. The largest absolute Gasteiger partial charge is 0.497 e. The molecule has 0 fully saturated rings. The molecule has 7 heteroatoms. The Balaban J connectivity index is 1.45. The number of likely N-dealkylation sites (N-methyl/N-ethyl adjacent to an activating group) is 1. The van der Waals surface area contributed by atoms with Crippen molar-refractivity contribution in [3.05, 3.63) is 70.9 Å². The number of nitrogens with zero attached hydrogens (tertiary/aromatic N) is 2. The summed E-state index contributed by atoms with van der Waals surface area (Å²) < 4.78 is 10.5. The maximum Gasteiger partial charge on any atom is 0.339 e. The standard InChI is InChI=1S/C24H25N3O4/c1-27-12-11-21-19(14-27)23(18-5-3-4-6-20(18)26-21)24(29)31-15-22(28)25-13-16-7-9-17(30-2)10-8-16/h3-10H,11-15H2,1-2H3,(H,25,28). The Labute approximate surface area is 181 Å². The monoisotopic (exact) mass is 419 g/mol. The molecule has 1 amide bonds. The van der Waals surface area contributed by atoms with Crippen LogP contribution in [-0.4, -0.2) is 49.1 Å². The van der Waals surface area contributed by atoms with Gasteiger partial charge in [-0.05, 0) is 30.8 Å². The van der Waals surface area contributed by atoms with E-state index in [1.165, 1.54) is 0 Å². The Hall–Kier alpha value is -3.45. The van der Waals surface area contributed by atoms with Gasteiger partial charge in [0.2, 0.25) is 0 Å². The van der Waals surface area contributed by atoms with E-state index in [2.05, 4.69) is 10.2 Å². The first-order chi connectivity index (χ1) is 15.0. The van der Waals surface area contributed by atoms with Crippen molar-refractivity contribution >= 4 is 22.8 Å². The number of fused-ring (bicyclic) bond motifs is 2. The summed E-state index contributed by atoms with van der Waals surface area (Å²) in [6.07, 6.45) is 0.777. The molecule has 1 N–H and O–H groups in total. The van der Waals surface area contributed by atoms with E-state index in [0.29, 0.717) is 18.7 Å². The number of carbonyl (C=O) groups is 2. The van der Waals surface area contributed by atoms with Crippen LogP contribution in [0.2, 0.25) is 0 Å². The maximum absolute atomic E-state index is 13.0. The van der Waals surface area contributed by atoms with Crippen LogP contribution in [0, 0.1) is 0 Å². The molecule has 1 aliphatic heterocycles. The summed E-state index contributed by atoms with van der Waals surface area (Å²) in [6, 6.07) is 14.9. The van der Waals surface area contributed by atoms with E-state index in [1.807, 2.05) is 55.6 Å². The highest BCUT2D eigenvalue weighted by atomic mass is 16.5. The predicted molar refractivity (Wildman–Crippen MR) is 117 cm³/mol. The van der Waals surface area contributed by atoms with Gasteiger partial charge in [-0.25, -0.2) is 4.79 Å². The molecule has 1 aliphatic rings. The Morgan fingerprint density at radius 1 is 1.13 bits per heavy atom. The van der Waals surface area contributed by atoms with Crippen LogP contribution in [0.5, 0.6) is 5.75 Å². The minimum absolute atomic E-state index is 0.337. The molecule has 1 aromatic heterocycles. The van der Waals surface area contributed by atoms with Gasteiger partial charge < -0.3 is 19.7 Å². The van der Waals surface area contributed by atoms with Gasteiger partial charge in [-0.15, -0.1) is 0 Å². The van der Waals surface area contributed by atoms with E-state index in [1.54, 1.807) is 7.11 Å². The quantitative estimate of drug-likeness (QED) is 0.619. The van der Waals surface area contributed by atoms with Gasteiger partial charge in [0.1, 0.15) is 5.75 Å². The molecule has 3 aromatic rings. The molecule has 4 rings (SSSR count). The molecular weight excluding hydrogens is 394 g/mol. The number of hydrogen-bond donors (Lipinski definition) is 1. The van der Waals surface area contributed by atoms with Crippen LogP contribution in [0.15, 0.2) is 48.5 Å². The first-order valence-electron chi connectivity index (χ1n) is 10.2. The molecule has 2 aromatic carbocycles. The number of nitrogens with one attached hydrogen (secondary N) is 1. The fraction of sp³-hybridized carbons (Fsp3) is 0.292. The molecule has 160 valence electrons. The molecule has 0 bridgehead atoms. The molecule has 0 unspecified atom stereocenters. The summed E-state index contributed by atoms with van der Waals surface area (Å²) in [4.78, 5) is 32.2. The van der Waals surface area contributed by atoms with E-state index in [-0.39, 0.29) is 12.5 Å². The minimum atomic E-state index is -0.496. The third-order valence-electron chi connectivity index (χ3n) is 5.42. The van der Waals surface area contributed by atoms with Crippen molar-refractivity contribution in [1.82, 2.24) is 15.2 Å². The fourth-order valence-corrected chi connectivity index (χ4v) is 3.76. The third kappa shape index (κ3) is 4.67. The van der Waals surface area contributed by atoms with Crippen molar-refractivity contribution in [1.29, 1.82) is 0 Å². The van der Waals surface area contributed by atoms with Gasteiger partial charge in [0.05, 0.1) is 18.2 Å². The van der Waals surface area contributed by atoms with Gasteiger partial charge in [-0.3, -0.25) is 9.78 Å². The van der Waals surface area contributed by atoms with Crippen molar-refractivity contribution in [2.75, 3.05) is 27.3 Å². The molecule has 31 heavy (non-hydrogen) atoms. The number of ether oxygens (including phenoxy) is 2. The third-order valence-corrected chi connectivity index (χ3v) is 5.42. The van der Waals surface area contributed by atoms with E-state index in [9.17, 15) is 9.59 Å². The van der Waals surface area contributed by atoms with Gasteiger partial charge in [-0.2, -0.15) is 0 Å². The number of esters is 1. The number of hydrogen-bond acceptors (Lipinski definition) is 6. The van der Waals surface area contributed by atoms with Crippen LogP contribution in [0.1, 0.15) is 27.2 Å². The first-order valence-corrected chi connectivity index (χ1v) is 10.2. The number of pyridine rings is 1. The summed E-state index contributed by atoms with van der Waals surface area (Å²) in [5.74, 6) is -0.0965. The number of aromatic nitrogens is 1. The normalized spacial score (nSPS) is 13.5. The minimum Gasteiger partial charge on any atom is -0.497 e. The number of methoxy groups -OCH3 is 1. The molecule has 0 saturated carbocycles. The zero-order chi connectivity index (χ0) is 21.8. The molecular formula is C24H25N3O4. The first kappa shape index (κ1) is 20.8. The lowest BCUT2D eigenvalue weighted by atomic mass is 9.96. The molecule has 7 nitrogen and oxygen atoms in total. The number of benzene rings is 2. The van der Waals surface area contributed by atoms with Crippen LogP contribution in [-0.2, 0) is 29.0 Å². The van der Waals surface area contributed by atoms with E-state index in [4.69, 9.17) is 14.5 Å². The van der Waals surface area contributed by atoms with Crippen LogP contribution in [0.25, 0.3) is 10.9 Å². The zero-order valence-electron chi connectivity index (χ0n) is 17.7. The summed E-state index contributed by atoms with van der Waals surface area (Å²) in [6.45, 7) is 1.52. The number of carbonyl (C=O) groups excluding carboxylic acids is 2. The smallest absolute Gasteiger partial charge is 0.339 e. The lowest BCUT2D eigenvalue weighted by Gasteiger charge is -2.26. The van der Waals surface area contributed by atoms with Crippen molar-refractivity contribution < 1.29 is 19.1 Å². The molecule has 0 radical (unpaired) electrons. The second-order valence-electron chi connectivity index (χ2n) is 7.62. The second-order valence-corrected chi connectivity index (χ2v) is 7.62. The predicted octanol–water partition coefficient (Wildman–Crippen LogP) is 2.70.